The van der Waals surface area contributed by atoms with Crippen molar-refractivity contribution in [1.82, 2.24) is 0 Å². The lowest BCUT2D eigenvalue weighted by molar-refractivity contribution is -0.143. The van der Waals surface area contributed by atoms with Gasteiger partial charge >= 0.3 is 5.97 Å². The molecule has 0 radical (unpaired) electrons. The Morgan fingerprint density at radius 2 is 1.88 bits per heavy atom. The second-order valence-electron chi connectivity index (χ2n) is 3.94. The molecule has 0 heterocycles. The molecule has 0 aliphatic heterocycles. The molecule has 0 bridgehead atoms. The van der Waals surface area contributed by atoms with E-state index in [9.17, 15) is 9.90 Å². The molecule has 0 spiro atoms. The lowest BCUT2D eigenvalue weighted by Crippen LogP contribution is -2.24. The van der Waals surface area contributed by atoms with Crippen LogP contribution in [0.15, 0.2) is 24.3 Å². The van der Waals surface area contributed by atoms with Gasteiger partial charge in [-0.2, -0.15) is 0 Å². The van der Waals surface area contributed by atoms with Crippen LogP contribution < -0.4 is 0 Å². The number of benzene rings is 1. The van der Waals surface area contributed by atoms with Crippen molar-refractivity contribution in [2.45, 2.75) is 18.9 Å². The first-order valence-corrected chi connectivity index (χ1v) is 5.67. The zero-order chi connectivity index (χ0) is 12.8. The number of aliphatic carboxylic acids is 1. The Labute approximate surface area is 104 Å². The van der Waals surface area contributed by atoms with E-state index >= 15 is 0 Å². The van der Waals surface area contributed by atoms with Crippen LogP contribution in [0.3, 0.4) is 0 Å². The smallest absolute Gasteiger partial charge is 0.306 e. The topological polar surface area (TPSA) is 77.8 Å². The Bertz CT molecular complexity index is 363. The molecule has 1 aromatic carbocycles. The van der Waals surface area contributed by atoms with E-state index in [0.29, 0.717) is 11.4 Å². The number of rotatable bonds is 6. The normalized spacial score (nSPS) is 14.3. The Morgan fingerprint density at radius 1 is 1.29 bits per heavy atom. The van der Waals surface area contributed by atoms with Crippen molar-refractivity contribution in [3.63, 3.8) is 0 Å². The molecule has 5 heteroatoms. The number of aliphatic hydroxyl groups is 2. The van der Waals surface area contributed by atoms with Gasteiger partial charge in [0.05, 0.1) is 18.6 Å². The lowest BCUT2D eigenvalue weighted by atomic mass is 9.94. The van der Waals surface area contributed by atoms with E-state index in [0.717, 1.165) is 5.56 Å². The summed E-state index contributed by atoms with van der Waals surface area (Å²) in [4.78, 5) is 11.0. The lowest BCUT2D eigenvalue weighted by Gasteiger charge is -2.15. The van der Waals surface area contributed by atoms with Crippen LogP contribution in [-0.4, -0.2) is 34.0 Å². The highest BCUT2D eigenvalue weighted by atomic mass is 35.5. The molecule has 4 nitrogen and oxygen atoms in total. The van der Waals surface area contributed by atoms with E-state index in [1.165, 1.54) is 0 Å². The molecular weight excluding hydrogens is 244 g/mol. The Hall–Kier alpha value is -1.10. The van der Waals surface area contributed by atoms with Crippen molar-refractivity contribution in [3.8, 4) is 0 Å². The second kappa shape index (κ2) is 6.59. The van der Waals surface area contributed by atoms with Crippen LogP contribution in [0.1, 0.15) is 12.0 Å². The first kappa shape index (κ1) is 14.0. The molecule has 1 aromatic rings. The third-order valence-corrected chi connectivity index (χ3v) is 2.76. The number of carboxylic acid groups (broad SMARTS) is 1. The fourth-order valence-electron chi connectivity index (χ4n) is 1.58. The molecule has 0 aromatic heterocycles. The Balaban J connectivity index is 2.66. The highest BCUT2D eigenvalue weighted by Crippen LogP contribution is 2.17. The summed E-state index contributed by atoms with van der Waals surface area (Å²) < 4.78 is 0. The van der Waals surface area contributed by atoms with Gasteiger partial charge in [0.2, 0.25) is 0 Å². The quantitative estimate of drug-likeness (QED) is 0.719. The minimum atomic E-state index is -0.997. The molecule has 94 valence electrons. The van der Waals surface area contributed by atoms with Gasteiger partial charge in [-0.3, -0.25) is 4.79 Å². The van der Waals surface area contributed by atoms with Crippen molar-refractivity contribution in [3.05, 3.63) is 34.9 Å². The van der Waals surface area contributed by atoms with Gasteiger partial charge in [-0.15, -0.1) is 0 Å². The van der Waals surface area contributed by atoms with E-state index in [1.54, 1.807) is 24.3 Å². The number of hydrogen-bond donors (Lipinski definition) is 3. The standard InChI is InChI=1S/C12H15ClO4/c13-10-3-1-8(2-4-10)5-9(12(16)17)6-11(15)7-14/h1-4,9,11,14-15H,5-7H2,(H,16,17). The maximum Gasteiger partial charge on any atom is 0.306 e. The molecule has 2 atom stereocenters. The maximum atomic E-state index is 11.0. The monoisotopic (exact) mass is 258 g/mol. The van der Waals surface area contributed by atoms with Crippen molar-refractivity contribution >= 4 is 17.6 Å². The van der Waals surface area contributed by atoms with Gasteiger partial charge in [-0.25, -0.2) is 0 Å². The van der Waals surface area contributed by atoms with Crippen LogP contribution in [0.2, 0.25) is 5.02 Å². The van der Waals surface area contributed by atoms with Crippen LogP contribution >= 0.6 is 11.6 Å². The van der Waals surface area contributed by atoms with Crippen LogP contribution in [0, 0.1) is 5.92 Å². The third-order valence-electron chi connectivity index (χ3n) is 2.51. The van der Waals surface area contributed by atoms with Gasteiger partial charge in [0.25, 0.3) is 0 Å². The fourth-order valence-corrected chi connectivity index (χ4v) is 1.71. The average molecular weight is 259 g/mol. The van der Waals surface area contributed by atoms with Crippen molar-refractivity contribution in [2.24, 2.45) is 5.92 Å². The molecule has 0 fully saturated rings. The van der Waals surface area contributed by atoms with E-state index in [4.69, 9.17) is 21.8 Å². The molecule has 0 aliphatic rings. The van der Waals surface area contributed by atoms with Gasteiger partial charge in [0, 0.05) is 5.02 Å². The maximum absolute atomic E-state index is 11.0. The average Bonchev–Trinajstić information content (AvgIpc) is 2.30. The summed E-state index contributed by atoms with van der Waals surface area (Å²) in [5.74, 6) is -1.69. The summed E-state index contributed by atoms with van der Waals surface area (Å²) in [5, 5.41) is 27.6. The molecular formula is C12H15ClO4. The number of carboxylic acids is 1. The SMILES string of the molecule is O=C(O)C(Cc1ccc(Cl)cc1)CC(O)CO. The van der Waals surface area contributed by atoms with Crippen LogP contribution in [0.25, 0.3) is 0 Å². The molecule has 3 N–H and O–H groups in total. The summed E-state index contributed by atoms with van der Waals surface area (Å²) in [7, 11) is 0. The summed E-state index contributed by atoms with van der Waals surface area (Å²) >= 11 is 5.73. The molecule has 2 unspecified atom stereocenters. The van der Waals surface area contributed by atoms with Crippen LogP contribution in [-0.2, 0) is 11.2 Å². The minimum absolute atomic E-state index is 0.0362. The first-order valence-electron chi connectivity index (χ1n) is 5.29. The van der Waals surface area contributed by atoms with Crippen molar-refractivity contribution in [2.75, 3.05) is 6.61 Å². The number of aliphatic hydroxyl groups excluding tert-OH is 2. The predicted octanol–water partition coefficient (Wildman–Crippen LogP) is 1.33. The van der Waals surface area contributed by atoms with Gasteiger partial charge in [-0.05, 0) is 30.5 Å². The minimum Gasteiger partial charge on any atom is -0.481 e. The first-order chi connectivity index (χ1) is 8.02. The summed E-state index contributed by atoms with van der Waals surface area (Å²) in [6.45, 7) is -0.426. The van der Waals surface area contributed by atoms with E-state index < -0.39 is 24.6 Å². The number of halogens is 1. The summed E-state index contributed by atoms with van der Waals surface area (Å²) in [6.07, 6.45) is -0.652. The number of carbonyl (C=O) groups is 1. The van der Waals surface area contributed by atoms with Crippen molar-refractivity contribution in [1.29, 1.82) is 0 Å². The fraction of sp³-hybridized carbons (Fsp3) is 0.417. The molecule has 0 amide bonds. The van der Waals surface area contributed by atoms with Gasteiger partial charge in [0.1, 0.15) is 0 Å². The molecule has 1 rings (SSSR count). The van der Waals surface area contributed by atoms with E-state index in [-0.39, 0.29) is 6.42 Å². The zero-order valence-corrected chi connectivity index (χ0v) is 9.97. The Kier molecular flexibility index (Phi) is 5.41. The van der Waals surface area contributed by atoms with Gasteiger partial charge in [0.15, 0.2) is 0 Å². The summed E-state index contributed by atoms with van der Waals surface area (Å²) in [5.41, 5.74) is 0.840. The number of hydrogen-bond acceptors (Lipinski definition) is 3. The molecule has 0 aliphatic carbocycles. The zero-order valence-electron chi connectivity index (χ0n) is 9.21. The van der Waals surface area contributed by atoms with Crippen LogP contribution in [0.4, 0.5) is 0 Å². The van der Waals surface area contributed by atoms with E-state index in [2.05, 4.69) is 0 Å². The molecule has 0 saturated heterocycles. The Morgan fingerprint density at radius 3 is 2.35 bits per heavy atom. The third kappa shape index (κ3) is 4.73. The molecule has 0 saturated carbocycles. The van der Waals surface area contributed by atoms with Gasteiger partial charge in [-0.1, -0.05) is 23.7 Å². The van der Waals surface area contributed by atoms with E-state index in [1.807, 2.05) is 0 Å². The highest BCUT2D eigenvalue weighted by molar-refractivity contribution is 6.30. The molecule has 17 heavy (non-hydrogen) atoms. The van der Waals surface area contributed by atoms with Crippen LogP contribution in [0.5, 0.6) is 0 Å². The largest absolute Gasteiger partial charge is 0.481 e. The van der Waals surface area contributed by atoms with Gasteiger partial charge < -0.3 is 15.3 Å². The second-order valence-corrected chi connectivity index (χ2v) is 4.37. The highest BCUT2D eigenvalue weighted by Gasteiger charge is 2.21. The summed E-state index contributed by atoms with van der Waals surface area (Å²) in [6, 6.07) is 6.89. The van der Waals surface area contributed by atoms with Crippen molar-refractivity contribution < 1.29 is 20.1 Å². The predicted molar refractivity (Wildman–Crippen MR) is 64.0 cm³/mol.